The van der Waals surface area contributed by atoms with Crippen LogP contribution in [0.3, 0.4) is 0 Å². The van der Waals surface area contributed by atoms with Crippen LogP contribution >= 0.6 is 11.3 Å². The van der Waals surface area contributed by atoms with Gasteiger partial charge < -0.3 is 10.1 Å². The van der Waals surface area contributed by atoms with E-state index in [0.29, 0.717) is 16.4 Å². The minimum Gasteiger partial charge on any atom is -0.464 e. The van der Waals surface area contributed by atoms with Crippen LogP contribution in [0.2, 0.25) is 0 Å². The smallest absolute Gasteiger partial charge is 0.357 e. The molecule has 0 unspecified atom stereocenters. The zero-order chi connectivity index (χ0) is 13.8. The van der Waals surface area contributed by atoms with Gasteiger partial charge in [-0.3, -0.25) is 0 Å². The Kier molecular flexibility index (Phi) is 3.78. The van der Waals surface area contributed by atoms with Crippen LogP contribution in [-0.2, 0) is 4.74 Å². The molecule has 19 heavy (non-hydrogen) atoms. The van der Waals surface area contributed by atoms with Gasteiger partial charge in [0.1, 0.15) is 0 Å². The highest BCUT2D eigenvalue weighted by molar-refractivity contribution is 7.15. The Morgan fingerprint density at radius 2 is 2.11 bits per heavy atom. The van der Waals surface area contributed by atoms with Gasteiger partial charge in [-0.05, 0) is 31.2 Å². The Labute approximate surface area is 114 Å². The van der Waals surface area contributed by atoms with Crippen LogP contribution in [0.5, 0.6) is 0 Å². The van der Waals surface area contributed by atoms with Crippen molar-refractivity contribution in [1.29, 1.82) is 5.26 Å². The van der Waals surface area contributed by atoms with Crippen molar-refractivity contribution in [2.75, 3.05) is 12.4 Å². The van der Waals surface area contributed by atoms with Crippen LogP contribution in [-0.4, -0.2) is 18.1 Å². The highest BCUT2D eigenvalue weighted by Crippen LogP contribution is 2.25. The molecule has 2 aromatic rings. The van der Waals surface area contributed by atoms with Crippen molar-refractivity contribution in [3.05, 3.63) is 40.4 Å². The average molecular weight is 273 g/mol. The summed E-state index contributed by atoms with van der Waals surface area (Å²) in [7, 11) is 1.33. The maximum absolute atomic E-state index is 11.4. The summed E-state index contributed by atoms with van der Waals surface area (Å²) < 4.78 is 4.65. The quantitative estimate of drug-likeness (QED) is 0.870. The van der Waals surface area contributed by atoms with Crippen LogP contribution in [0, 0.1) is 18.3 Å². The number of nitrogens with one attached hydrogen (secondary N) is 1. The van der Waals surface area contributed by atoms with Gasteiger partial charge >= 0.3 is 5.97 Å². The summed E-state index contributed by atoms with van der Waals surface area (Å²) >= 11 is 1.37. The fourth-order valence-electron chi connectivity index (χ4n) is 1.49. The molecule has 96 valence electrons. The monoisotopic (exact) mass is 273 g/mol. The number of benzene rings is 1. The van der Waals surface area contributed by atoms with Crippen LogP contribution in [0.15, 0.2) is 24.3 Å². The fourth-order valence-corrected chi connectivity index (χ4v) is 2.31. The Morgan fingerprint density at radius 3 is 2.68 bits per heavy atom. The number of aromatic nitrogens is 1. The highest BCUT2D eigenvalue weighted by atomic mass is 32.1. The van der Waals surface area contributed by atoms with E-state index in [1.54, 1.807) is 24.3 Å². The van der Waals surface area contributed by atoms with E-state index in [2.05, 4.69) is 21.1 Å². The van der Waals surface area contributed by atoms with Crippen molar-refractivity contribution in [3.8, 4) is 6.07 Å². The van der Waals surface area contributed by atoms with Crippen molar-refractivity contribution in [2.24, 2.45) is 0 Å². The lowest BCUT2D eigenvalue weighted by molar-refractivity contribution is 0.0594. The molecule has 1 aromatic heterocycles. The molecule has 6 heteroatoms. The molecule has 0 saturated heterocycles. The number of thiazole rings is 1. The molecule has 1 N–H and O–H groups in total. The minimum atomic E-state index is -0.443. The van der Waals surface area contributed by atoms with E-state index < -0.39 is 5.97 Å². The number of methoxy groups -OCH3 is 1. The first-order valence-electron chi connectivity index (χ1n) is 5.47. The van der Waals surface area contributed by atoms with Gasteiger partial charge in [0.15, 0.2) is 10.8 Å². The predicted octanol–water partition coefficient (Wildman–Crippen LogP) is 2.85. The first-order valence-corrected chi connectivity index (χ1v) is 6.28. The molecule has 5 nitrogen and oxygen atoms in total. The second-order valence-corrected chi connectivity index (χ2v) is 4.93. The van der Waals surface area contributed by atoms with Crippen LogP contribution in [0.25, 0.3) is 0 Å². The first-order chi connectivity index (χ1) is 9.13. The van der Waals surface area contributed by atoms with E-state index in [1.165, 1.54) is 18.4 Å². The van der Waals surface area contributed by atoms with E-state index in [4.69, 9.17) is 5.26 Å². The summed E-state index contributed by atoms with van der Waals surface area (Å²) in [5.41, 5.74) is 1.73. The summed E-state index contributed by atoms with van der Waals surface area (Å²) in [6.45, 7) is 1.81. The third-order valence-electron chi connectivity index (χ3n) is 2.44. The SMILES string of the molecule is COC(=O)c1nc(Nc2ccc(C#N)cc2)sc1C. The highest BCUT2D eigenvalue weighted by Gasteiger charge is 2.15. The summed E-state index contributed by atoms with van der Waals surface area (Å²) in [5, 5.41) is 12.4. The topological polar surface area (TPSA) is 75.0 Å². The molecule has 0 aliphatic rings. The van der Waals surface area contributed by atoms with Crippen molar-refractivity contribution < 1.29 is 9.53 Å². The number of hydrogen-bond donors (Lipinski definition) is 1. The molecule has 0 radical (unpaired) electrons. The minimum absolute atomic E-state index is 0.323. The van der Waals surface area contributed by atoms with Crippen molar-refractivity contribution in [1.82, 2.24) is 4.98 Å². The number of nitrogens with zero attached hydrogens (tertiary/aromatic N) is 2. The lowest BCUT2D eigenvalue weighted by Crippen LogP contribution is -2.03. The average Bonchev–Trinajstić information content (AvgIpc) is 2.79. The zero-order valence-electron chi connectivity index (χ0n) is 10.4. The lowest BCUT2D eigenvalue weighted by Gasteiger charge is -2.01. The van der Waals surface area contributed by atoms with Crippen LogP contribution < -0.4 is 5.32 Å². The molecule has 0 aliphatic carbocycles. The van der Waals surface area contributed by atoms with Gasteiger partial charge in [-0.15, -0.1) is 11.3 Å². The number of ether oxygens (including phenoxy) is 1. The van der Waals surface area contributed by atoms with E-state index in [1.807, 2.05) is 6.92 Å². The van der Waals surface area contributed by atoms with E-state index in [-0.39, 0.29) is 0 Å². The zero-order valence-corrected chi connectivity index (χ0v) is 11.2. The summed E-state index contributed by atoms with van der Waals surface area (Å²) in [4.78, 5) is 16.4. The lowest BCUT2D eigenvalue weighted by atomic mass is 10.2. The Balaban J connectivity index is 2.19. The van der Waals surface area contributed by atoms with Gasteiger partial charge in [0.05, 0.1) is 18.7 Å². The summed E-state index contributed by atoms with van der Waals surface area (Å²) in [6.07, 6.45) is 0. The molecule has 1 heterocycles. The van der Waals surface area contributed by atoms with Crippen LogP contribution in [0.4, 0.5) is 10.8 Å². The molecule has 0 fully saturated rings. The van der Waals surface area contributed by atoms with Gasteiger partial charge in [-0.25, -0.2) is 9.78 Å². The van der Waals surface area contributed by atoms with Gasteiger partial charge in [0.2, 0.25) is 0 Å². The maximum Gasteiger partial charge on any atom is 0.357 e. The Hall–Kier alpha value is -2.39. The molecule has 0 spiro atoms. The summed E-state index contributed by atoms with van der Waals surface area (Å²) in [6, 6.07) is 9.05. The number of carbonyl (C=O) groups excluding carboxylic acids is 1. The van der Waals surface area contributed by atoms with Crippen LogP contribution in [0.1, 0.15) is 20.9 Å². The van der Waals surface area contributed by atoms with E-state index in [0.717, 1.165) is 10.6 Å². The molecule has 0 aliphatic heterocycles. The van der Waals surface area contributed by atoms with Crippen molar-refractivity contribution in [2.45, 2.75) is 6.92 Å². The molecular weight excluding hydrogens is 262 g/mol. The fraction of sp³-hybridized carbons (Fsp3) is 0.154. The van der Waals surface area contributed by atoms with E-state index >= 15 is 0 Å². The van der Waals surface area contributed by atoms with Crippen molar-refractivity contribution in [3.63, 3.8) is 0 Å². The first kappa shape index (κ1) is 13.1. The van der Waals surface area contributed by atoms with Crippen molar-refractivity contribution >= 4 is 28.1 Å². The number of aryl methyl sites for hydroxylation is 1. The Bertz CT molecular complexity index is 641. The molecular formula is C13H11N3O2S. The molecule has 1 aromatic carbocycles. The third-order valence-corrected chi connectivity index (χ3v) is 3.33. The maximum atomic E-state index is 11.4. The van der Waals surface area contributed by atoms with Gasteiger partial charge in [0, 0.05) is 10.6 Å². The van der Waals surface area contributed by atoms with E-state index in [9.17, 15) is 4.79 Å². The Morgan fingerprint density at radius 1 is 1.42 bits per heavy atom. The number of anilines is 2. The molecule has 0 atom stereocenters. The number of carbonyl (C=O) groups is 1. The molecule has 0 amide bonds. The summed E-state index contributed by atoms with van der Waals surface area (Å²) in [5.74, 6) is -0.443. The number of nitriles is 1. The number of esters is 1. The van der Waals surface area contributed by atoms with Gasteiger partial charge in [-0.2, -0.15) is 5.26 Å². The largest absolute Gasteiger partial charge is 0.464 e. The normalized spacial score (nSPS) is 9.74. The number of hydrogen-bond acceptors (Lipinski definition) is 6. The standard InChI is InChI=1S/C13H11N3O2S/c1-8-11(12(17)18-2)16-13(19-8)15-10-5-3-9(7-14)4-6-10/h3-6H,1-2H3,(H,15,16). The predicted molar refractivity (Wildman–Crippen MR) is 72.6 cm³/mol. The second kappa shape index (κ2) is 5.50. The third kappa shape index (κ3) is 2.89. The molecule has 2 rings (SSSR count). The van der Waals surface area contributed by atoms with Gasteiger partial charge in [-0.1, -0.05) is 0 Å². The second-order valence-electron chi connectivity index (χ2n) is 3.73. The van der Waals surface area contributed by atoms with Gasteiger partial charge in [0.25, 0.3) is 0 Å². The molecule has 0 bridgehead atoms. The number of rotatable bonds is 3. The molecule has 0 saturated carbocycles.